The molecule has 0 bridgehead atoms. The van der Waals surface area contributed by atoms with Crippen molar-refractivity contribution in [2.45, 2.75) is 38.1 Å². The molecule has 1 N–H and O–H groups in total. The molecule has 2 aliphatic heterocycles. The molecular formula is C13H23N3O2. The summed E-state index contributed by atoms with van der Waals surface area (Å²) in [6, 6.07) is 0.418. The van der Waals surface area contributed by atoms with Crippen LogP contribution in [-0.4, -0.2) is 60.9 Å². The zero-order chi connectivity index (χ0) is 13.0. The van der Waals surface area contributed by atoms with Crippen LogP contribution >= 0.6 is 0 Å². The Kier molecular flexibility index (Phi) is 4.58. The zero-order valence-corrected chi connectivity index (χ0v) is 11.2. The highest BCUT2D eigenvalue weighted by Crippen LogP contribution is 2.11. The molecule has 102 valence electrons. The number of carbonyl (C=O) groups is 2. The quantitative estimate of drug-likeness (QED) is 0.779. The Balaban J connectivity index is 1.75. The topological polar surface area (TPSA) is 52.7 Å². The van der Waals surface area contributed by atoms with E-state index < -0.39 is 0 Å². The molecule has 2 rings (SSSR count). The van der Waals surface area contributed by atoms with Crippen LogP contribution in [0.25, 0.3) is 0 Å². The average molecular weight is 253 g/mol. The molecule has 0 aromatic carbocycles. The van der Waals surface area contributed by atoms with E-state index in [1.54, 1.807) is 9.80 Å². The first-order valence-corrected chi connectivity index (χ1v) is 6.92. The van der Waals surface area contributed by atoms with E-state index in [0.29, 0.717) is 12.5 Å². The van der Waals surface area contributed by atoms with Gasteiger partial charge < -0.3 is 15.1 Å². The molecule has 1 atom stereocenters. The molecular weight excluding hydrogens is 230 g/mol. The number of carbonyl (C=O) groups excluding carboxylic acids is 2. The van der Waals surface area contributed by atoms with E-state index in [1.165, 1.54) is 12.8 Å². The van der Waals surface area contributed by atoms with Gasteiger partial charge in [0.2, 0.25) is 11.8 Å². The fourth-order valence-corrected chi connectivity index (χ4v) is 2.67. The third-order valence-corrected chi connectivity index (χ3v) is 3.83. The molecule has 2 fully saturated rings. The maximum atomic E-state index is 12.0. The van der Waals surface area contributed by atoms with E-state index in [0.717, 1.165) is 32.5 Å². The summed E-state index contributed by atoms with van der Waals surface area (Å²) in [5.41, 5.74) is 0. The lowest BCUT2D eigenvalue weighted by Crippen LogP contribution is -2.47. The van der Waals surface area contributed by atoms with Crippen LogP contribution in [-0.2, 0) is 9.59 Å². The van der Waals surface area contributed by atoms with Crippen molar-refractivity contribution in [3.8, 4) is 0 Å². The van der Waals surface area contributed by atoms with E-state index in [1.807, 2.05) is 7.05 Å². The molecule has 5 heteroatoms. The molecule has 0 spiro atoms. The monoisotopic (exact) mass is 253 g/mol. The van der Waals surface area contributed by atoms with Crippen molar-refractivity contribution in [2.24, 2.45) is 0 Å². The molecule has 2 amide bonds. The average Bonchev–Trinajstić information content (AvgIpc) is 2.76. The van der Waals surface area contributed by atoms with Gasteiger partial charge in [0.1, 0.15) is 0 Å². The summed E-state index contributed by atoms with van der Waals surface area (Å²) in [5, 5.41) is 3.43. The molecule has 0 aromatic rings. The first-order chi connectivity index (χ1) is 8.66. The Hall–Kier alpha value is -1.10. The van der Waals surface area contributed by atoms with Crippen LogP contribution in [0, 0.1) is 0 Å². The minimum atomic E-state index is 0.0534. The SMILES string of the molecule is CN(CC1CCCCN1)C(=O)CN1CCCC1=O. The van der Waals surface area contributed by atoms with Crippen LogP contribution in [0.15, 0.2) is 0 Å². The summed E-state index contributed by atoms with van der Waals surface area (Å²) >= 11 is 0. The lowest BCUT2D eigenvalue weighted by molar-refractivity contribution is -0.137. The van der Waals surface area contributed by atoms with Crippen LogP contribution in [0.2, 0.25) is 0 Å². The standard InChI is InChI=1S/C13H23N3O2/c1-15(9-11-5-2-3-7-14-11)13(18)10-16-8-4-6-12(16)17/h11,14H,2-10H2,1H3. The zero-order valence-electron chi connectivity index (χ0n) is 11.2. The summed E-state index contributed by atoms with van der Waals surface area (Å²) < 4.78 is 0. The second-order valence-corrected chi connectivity index (χ2v) is 5.34. The normalized spacial score (nSPS) is 24.4. The van der Waals surface area contributed by atoms with Crippen LogP contribution in [0.1, 0.15) is 32.1 Å². The number of piperidine rings is 1. The van der Waals surface area contributed by atoms with Crippen molar-refractivity contribution in [3.05, 3.63) is 0 Å². The van der Waals surface area contributed by atoms with E-state index in [9.17, 15) is 9.59 Å². The molecule has 0 saturated carbocycles. The third kappa shape index (κ3) is 3.45. The first-order valence-electron chi connectivity index (χ1n) is 6.92. The smallest absolute Gasteiger partial charge is 0.241 e. The number of amides is 2. The first kappa shape index (κ1) is 13.3. The minimum Gasteiger partial charge on any atom is -0.343 e. The molecule has 5 nitrogen and oxygen atoms in total. The summed E-state index contributed by atoms with van der Waals surface area (Å²) in [6.45, 7) is 2.79. The molecule has 1 unspecified atom stereocenters. The van der Waals surface area contributed by atoms with Crippen molar-refractivity contribution >= 4 is 11.8 Å². The van der Waals surface area contributed by atoms with E-state index in [4.69, 9.17) is 0 Å². The number of hydrogen-bond acceptors (Lipinski definition) is 3. The van der Waals surface area contributed by atoms with Crippen molar-refractivity contribution in [1.82, 2.24) is 15.1 Å². The molecule has 18 heavy (non-hydrogen) atoms. The van der Waals surface area contributed by atoms with Gasteiger partial charge in [-0.15, -0.1) is 0 Å². The Labute approximate surface area is 108 Å². The maximum absolute atomic E-state index is 12.0. The number of hydrogen-bond donors (Lipinski definition) is 1. The third-order valence-electron chi connectivity index (χ3n) is 3.83. The molecule has 0 radical (unpaired) electrons. The van der Waals surface area contributed by atoms with Crippen molar-refractivity contribution in [2.75, 3.05) is 33.2 Å². The fourth-order valence-electron chi connectivity index (χ4n) is 2.67. The van der Waals surface area contributed by atoms with Crippen LogP contribution in [0.5, 0.6) is 0 Å². The van der Waals surface area contributed by atoms with Crippen LogP contribution in [0.4, 0.5) is 0 Å². The van der Waals surface area contributed by atoms with E-state index >= 15 is 0 Å². The van der Waals surface area contributed by atoms with Gasteiger partial charge in [-0.05, 0) is 25.8 Å². The van der Waals surface area contributed by atoms with Gasteiger partial charge in [-0.25, -0.2) is 0 Å². The van der Waals surface area contributed by atoms with E-state index in [-0.39, 0.29) is 18.4 Å². The molecule has 0 aliphatic carbocycles. The lowest BCUT2D eigenvalue weighted by atomic mass is 10.0. The summed E-state index contributed by atoms with van der Waals surface area (Å²) in [4.78, 5) is 26.9. The number of nitrogens with zero attached hydrogens (tertiary/aromatic N) is 2. The highest BCUT2D eigenvalue weighted by atomic mass is 16.2. The predicted molar refractivity (Wildman–Crippen MR) is 69.1 cm³/mol. The highest BCUT2D eigenvalue weighted by molar-refractivity contribution is 5.85. The second-order valence-electron chi connectivity index (χ2n) is 5.34. The van der Waals surface area contributed by atoms with Gasteiger partial charge >= 0.3 is 0 Å². The number of rotatable bonds is 4. The Morgan fingerprint density at radius 2 is 2.28 bits per heavy atom. The van der Waals surface area contributed by atoms with Gasteiger partial charge in [0.15, 0.2) is 0 Å². The van der Waals surface area contributed by atoms with Gasteiger partial charge in [-0.3, -0.25) is 9.59 Å². The minimum absolute atomic E-state index is 0.0534. The van der Waals surface area contributed by atoms with E-state index in [2.05, 4.69) is 5.32 Å². The van der Waals surface area contributed by atoms with Gasteiger partial charge in [0, 0.05) is 32.6 Å². The fraction of sp³-hybridized carbons (Fsp3) is 0.846. The summed E-state index contributed by atoms with van der Waals surface area (Å²) in [5.74, 6) is 0.171. The van der Waals surface area contributed by atoms with Crippen molar-refractivity contribution in [3.63, 3.8) is 0 Å². The molecule has 2 heterocycles. The largest absolute Gasteiger partial charge is 0.343 e. The highest BCUT2D eigenvalue weighted by Gasteiger charge is 2.24. The molecule has 2 saturated heterocycles. The molecule has 2 aliphatic rings. The van der Waals surface area contributed by atoms with Gasteiger partial charge in [-0.2, -0.15) is 0 Å². The Bertz CT molecular complexity index is 313. The number of likely N-dealkylation sites (N-methyl/N-ethyl adjacent to an activating group) is 1. The van der Waals surface area contributed by atoms with Gasteiger partial charge in [0.25, 0.3) is 0 Å². The van der Waals surface area contributed by atoms with Crippen LogP contribution < -0.4 is 5.32 Å². The van der Waals surface area contributed by atoms with Gasteiger partial charge in [0.05, 0.1) is 6.54 Å². The Morgan fingerprint density at radius 3 is 2.89 bits per heavy atom. The van der Waals surface area contributed by atoms with Crippen molar-refractivity contribution in [1.29, 1.82) is 0 Å². The number of likely N-dealkylation sites (tertiary alicyclic amines) is 1. The predicted octanol–water partition coefficient (Wildman–Crippen LogP) is 0.209. The maximum Gasteiger partial charge on any atom is 0.241 e. The number of nitrogens with one attached hydrogen (secondary N) is 1. The molecule has 0 aromatic heterocycles. The Morgan fingerprint density at radius 1 is 1.44 bits per heavy atom. The van der Waals surface area contributed by atoms with Crippen molar-refractivity contribution < 1.29 is 9.59 Å². The summed E-state index contributed by atoms with van der Waals surface area (Å²) in [6.07, 6.45) is 5.10. The lowest BCUT2D eigenvalue weighted by Gasteiger charge is -2.29. The van der Waals surface area contributed by atoms with Crippen LogP contribution in [0.3, 0.4) is 0 Å². The second kappa shape index (κ2) is 6.18. The van der Waals surface area contributed by atoms with Gasteiger partial charge in [-0.1, -0.05) is 6.42 Å². The summed E-state index contributed by atoms with van der Waals surface area (Å²) in [7, 11) is 1.83.